The molecule has 4 atom stereocenters. The van der Waals surface area contributed by atoms with E-state index in [2.05, 4.69) is 16.0 Å². The van der Waals surface area contributed by atoms with Crippen LogP contribution in [0, 0.1) is 11.3 Å². The molecule has 0 aromatic heterocycles. The van der Waals surface area contributed by atoms with Crippen molar-refractivity contribution in [3.8, 4) is 0 Å². The quantitative estimate of drug-likeness (QED) is 0.336. The zero-order chi connectivity index (χ0) is 30.2. The Labute approximate surface area is 241 Å². The zero-order valence-electron chi connectivity index (χ0n) is 24.1. The Hall–Kier alpha value is -3.19. The first-order valence-corrected chi connectivity index (χ1v) is 15.6. The molecule has 0 spiro atoms. The van der Waals surface area contributed by atoms with E-state index in [1.165, 1.54) is 9.21 Å². The molecule has 3 aliphatic rings. The number of fused-ring (bicyclic) bond motifs is 1. The number of hydrogen-bond acceptors (Lipinski definition) is 6. The van der Waals surface area contributed by atoms with E-state index in [1.54, 1.807) is 18.2 Å². The highest BCUT2D eigenvalue weighted by Crippen LogP contribution is 2.46. The second-order valence-corrected chi connectivity index (χ2v) is 14.2. The number of hydrogen-bond donors (Lipinski definition) is 4. The summed E-state index contributed by atoms with van der Waals surface area (Å²) < 4.78 is 27.9. The Bertz CT molecular complexity index is 1310. The minimum Gasteiger partial charge on any atom is -0.479 e. The van der Waals surface area contributed by atoms with Gasteiger partial charge in [-0.3, -0.25) is 9.59 Å². The molecule has 12 nitrogen and oxygen atoms in total. The summed E-state index contributed by atoms with van der Waals surface area (Å²) in [6.07, 6.45) is 2.57. The van der Waals surface area contributed by atoms with E-state index in [1.807, 2.05) is 33.8 Å². The van der Waals surface area contributed by atoms with Crippen molar-refractivity contribution < 1.29 is 32.7 Å². The molecule has 1 saturated heterocycles. The monoisotopic (exact) mass is 591 g/mol. The summed E-state index contributed by atoms with van der Waals surface area (Å²) in [7, 11) is -3.72. The van der Waals surface area contributed by atoms with E-state index in [0.29, 0.717) is 45.2 Å². The number of rotatable bonds is 9. The smallest absolute Gasteiger partial charge is 0.329 e. The third kappa shape index (κ3) is 6.35. The van der Waals surface area contributed by atoms with Crippen molar-refractivity contribution in [1.82, 2.24) is 25.2 Å². The van der Waals surface area contributed by atoms with Gasteiger partial charge in [-0.1, -0.05) is 52.3 Å². The zero-order valence-corrected chi connectivity index (χ0v) is 24.9. The number of sulfonamides is 1. The van der Waals surface area contributed by atoms with Gasteiger partial charge in [0.2, 0.25) is 21.8 Å². The summed E-state index contributed by atoms with van der Waals surface area (Å²) in [6.45, 7) is 7.91. The lowest BCUT2D eigenvalue weighted by atomic mass is 9.86. The van der Waals surface area contributed by atoms with Gasteiger partial charge in [-0.2, -0.15) is 4.31 Å². The Morgan fingerprint density at radius 3 is 2.49 bits per heavy atom. The minimum atomic E-state index is -3.72. The molecular formula is C28H41N5O7S. The van der Waals surface area contributed by atoms with Crippen LogP contribution in [0.5, 0.6) is 0 Å². The molecule has 2 unspecified atom stereocenters. The summed E-state index contributed by atoms with van der Waals surface area (Å²) >= 11 is 0. The van der Waals surface area contributed by atoms with Gasteiger partial charge >= 0.3 is 12.0 Å². The Balaban J connectivity index is 1.34. The highest BCUT2D eigenvalue weighted by atomic mass is 32.2. The van der Waals surface area contributed by atoms with Crippen molar-refractivity contribution >= 4 is 33.8 Å². The second-order valence-electron chi connectivity index (χ2n) is 12.3. The molecule has 2 fully saturated rings. The first kappa shape index (κ1) is 30.8. The van der Waals surface area contributed by atoms with Crippen molar-refractivity contribution in [3.63, 3.8) is 0 Å². The molecule has 4 rings (SSSR count). The van der Waals surface area contributed by atoms with Gasteiger partial charge in [-0.15, -0.1) is 0 Å². The number of urea groups is 1. The van der Waals surface area contributed by atoms with Crippen LogP contribution in [0.3, 0.4) is 0 Å². The van der Waals surface area contributed by atoms with Crippen LogP contribution in [0.4, 0.5) is 4.79 Å². The molecule has 226 valence electrons. The largest absolute Gasteiger partial charge is 0.479 e. The van der Waals surface area contributed by atoms with Crippen molar-refractivity contribution in [1.29, 1.82) is 0 Å². The molecule has 1 saturated carbocycles. The fourth-order valence-corrected chi connectivity index (χ4v) is 7.50. The first-order valence-electron chi connectivity index (χ1n) is 14.2. The van der Waals surface area contributed by atoms with Crippen molar-refractivity contribution in [2.75, 3.05) is 26.2 Å². The molecule has 1 aliphatic carbocycles. The van der Waals surface area contributed by atoms with Gasteiger partial charge in [-0.05, 0) is 48.6 Å². The summed E-state index contributed by atoms with van der Waals surface area (Å²) in [5.41, 5.74) is -0.993. The lowest BCUT2D eigenvalue weighted by Gasteiger charge is -2.37. The molecule has 1 aromatic carbocycles. The lowest BCUT2D eigenvalue weighted by Crippen LogP contribution is -2.57. The van der Waals surface area contributed by atoms with Crippen LogP contribution < -0.4 is 16.0 Å². The molecule has 0 bridgehead atoms. The number of amides is 4. The molecule has 4 N–H and O–H groups in total. The summed E-state index contributed by atoms with van der Waals surface area (Å²) in [5.74, 6) is -2.14. The highest BCUT2D eigenvalue weighted by Gasteiger charge is 2.61. The SMILES string of the molecule is CCC1C[C@]1(NC(=O)[C@@H]1CCCN1C(=O)CNC(=O)NC(CN1CCc2ccccc2S1(=O)=O)C(C)(C)C)C(=O)O. The number of carbonyl (C=O) groups is 4. The summed E-state index contributed by atoms with van der Waals surface area (Å²) in [4.78, 5) is 52.3. The maximum absolute atomic E-state index is 13.2. The Morgan fingerprint density at radius 1 is 1.15 bits per heavy atom. The van der Waals surface area contributed by atoms with Crippen LogP contribution in [0.1, 0.15) is 58.9 Å². The predicted octanol–water partition coefficient (Wildman–Crippen LogP) is 1.31. The number of nitrogens with one attached hydrogen (secondary N) is 3. The maximum atomic E-state index is 13.2. The number of aliphatic carboxylic acids is 1. The van der Waals surface area contributed by atoms with Crippen LogP contribution in [-0.4, -0.2) is 90.3 Å². The fraction of sp³-hybridized carbons (Fsp3) is 0.643. The van der Waals surface area contributed by atoms with Crippen LogP contribution in [0.2, 0.25) is 0 Å². The van der Waals surface area contributed by atoms with E-state index in [0.717, 1.165) is 5.56 Å². The van der Waals surface area contributed by atoms with Gasteiger partial charge in [0.05, 0.1) is 11.4 Å². The second kappa shape index (κ2) is 11.6. The van der Waals surface area contributed by atoms with E-state index < -0.39 is 56.9 Å². The van der Waals surface area contributed by atoms with Crippen LogP contribution >= 0.6 is 0 Å². The van der Waals surface area contributed by atoms with E-state index in [9.17, 15) is 32.7 Å². The van der Waals surface area contributed by atoms with Gasteiger partial charge in [0, 0.05) is 25.7 Å². The number of carbonyl (C=O) groups excluding carboxylic acids is 3. The molecule has 2 aliphatic heterocycles. The van der Waals surface area contributed by atoms with E-state index in [4.69, 9.17) is 0 Å². The number of carboxylic acid groups (broad SMARTS) is 1. The number of carboxylic acids is 1. The summed E-state index contributed by atoms with van der Waals surface area (Å²) in [6, 6.07) is 4.93. The van der Waals surface area contributed by atoms with Gasteiger partial charge in [0.25, 0.3) is 0 Å². The summed E-state index contributed by atoms with van der Waals surface area (Å²) in [5, 5.41) is 17.7. The molecule has 0 radical (unpaired) electrons. The first-order chi connectivity index (χ1) is 19.2. The fourth-order valence-electron chi connectivity index (χ4n) is 5.79. The van der Waals surface area contributed by atoms with E-state index >= 15 is 0 Å². The van der Waals surface area contributed by atoms with Crippen LogP contribution in [0.15, 0.2) is 29.2 Å². The van der Waals surface area contributed by atoms with Crippen molar-refractivity contribution in [3.05, 3.63) is 29.8 Å². The molecule has 2 heterocycles. The minimum absolute atomic E-state index is 0.0694. The highest BCUT2D eigenvalue weighted by molar-refractivity contribution is 7.89. The third-order valence-electron chi connectivity index (χ3n) is 8.56. The molecule has 1 aromatic rings. The molecule has 4 amide bonds. The number of benzene rings is 1. The van der Waals surface area contributed by atoms with Gasteiger partial charge in [0.1, 0.15) is 11.6 Å². The maximum Gasteiger partial charge on any atom is 0.329 e. The van der Waals surface area contributed by atoms with Gasteiger partial charge < -0.3 is 26.0 Å². The predicted molar refractivity (Wildman–Crippen MR) is 150 cm³/mol. The molecule has 41 heavy (non-hydrogen) atoms. The van der Waals surface area contributed by atoms with Gasteiger partial charge in [0.15, 0.2) is 0 Å². The standard InChI is InChI=1S/C28H41N5O7S/c1-5-19-15-28(19,25(36)37)31-24(35)20-10-8-13-33(20)23(34)16-29-26(38)30-22(27(2,3)4)17-32-14-12-18-9-6-7-11-21(18)41(32,39)40/h6-7,9,11,19-20,22H,5,8,10,12-17H2,1-4H3,(H,31,35)(H,36,37)(H2,29,30,38)/t19?,20-,22?,28+/m0/s1. The lowest BCUT2D eigenvalue weighted by molar-refractivity contribution is -0.145. The van der Waals surface area contributed by atoms with Crippen molar-refractivity contribution in [2.24, 2.45) is 11.3 Å². The topological polar surface area (TPSA) is 165 Å². The molecule has 13 heteroatoms. The number of nitrogens with zero attached hydrogens (tertiary/aromatic N) is 2. The van der Waals surface area contributed by atoms with Gasteiger partial charge in [-0.25, -0.2) is 18.0 Å². The van der Waals surface area contributed by atoms with E-state index in [-0.39, 0.29) is 23.9 Å². The number of likely N-dealkylation sites (tertiary alicyclic amines) is 1. The van der Waals surface area contributed by atoms with Crippen LogP contribution in [0.25, 0.3) is 0 Å². The third-order valence-corrected chi connectivity index (χ3v) is 10.5. The Kier molecular flexibility index (Phi) is 8.70. The molecular weight excluding hydrogens is 550 g/mol. The normalized spacial score (nSPS) is 26.0. The van der Waals surface area contributed by atoms with Crippen molar-refractivity contribution in [2.45, 2.75) is 82.3 Å². The average molecular weight is 592 g/mol. The Morgan fingerprint density at radius 2 is 1.85 bits per heavy atom. The van der Waals surface area contributed by atoms with Crippen LogP contribution in [-0.2, 0) is 30.8 Å². The average Bonchev–Trinajstić information content (AvgIpc) is 3.40.